The van der Waals surface area contributed by atoms with Crippen LogP contribution in [0.5, 0.6) is 11.5 Å². The molecule has 1 amide bonds. The number of hydrogen-bond acceptors (Lipinski definition) is 5. The van der Waals surface area contributed by atoms with Gasteiger partial charge in [-0.05, 0) is 24.6 Å². The Balaban J connectivity index is 1.68. The molecule has 7 heteroatoms. The first kappa shape index (κ1) is 15.6. The van der Waals surface area contributed by atoms with Crippen LogP contribution >= 0.6 is 11.6 Å². The van der Waals surface area contributed by atoms with Gasteiger partial charge in [0.15, 0.2) is 11.5 Å². The molecule has 0 aliphatic carbocycles. The Morgan fingerprint density at radius 1 is 1.35 bits per heavy atom. The van der Waals surface area contributed by atoms with Gasteiger partial charge in [0, 0.05) is 17.3 Å². The van der Waals surface area contributed by atoms with Crippen LogP contribution in [0.15, 0.2) is 30.7 Å². The highest BCUT2D eigenvalue weighted by Gasteiger charge is 2.18. The van der Waals surface area contributed by atoms with Crippen LogP contribution < -0.4 is 14.8 Å². The molecule has 1 unspecified atom stereocenters. The highest BCUT2D eigenvalue weighted by molar-refractivity contribution is 6.31. The minimum absolute atomic E-state index is 0.144. The average molecular weight is 334 g/mol. The van der Waals surface area contributed by atoms with Gasteiger partial charge in [0.05, 0.1) is 18.2 Å². The van der Waals surface area contributed by atoms with E-state index in [4.69, 9.17) is 21.1 Å². The average Bonchev–Trinajstić information content (AvgIpc) is 2.56. The summed E-state index contributed by atoms with van der Waals surface area (Å²) >= 11 is 6.22. The molecule has 1 aliphatic heterocycles. The Morgan fingerprint density at radius 2 is 2.09 bits per heavy atom. The lowest BCUT2D eigenvalue weighted by molar-refractivity contribution is -0.121. The van der Waals surface area contributed by atoms with Crippen molar-refractivity contribution in [3.8, 4) is 11.5 Å². The fourth-order valence-corrected chi connectivity index (χ4v) is 2.56. The highest BCUT2D eigenvalue weighted by atomic mass is 35.5. The van der Waals surface area contributed by atoms with E-state index in [-0.39, 0.29) is 18.4 Å². The zero-order valence-corrected chi connectivity index (χ0v) is 13.3. The monoisotopic (exact) mass is 333 g/mol. The smallest absolute Gasteiger partial charge is 0.225 e. The number of fused-ring (bicyclic) bond motifs is 1. The number of benzene rings is 1. The lowest BCUT2D eigenvalue weighted by Gasteiger charge is -2.20. The van der Waals surface area contributed by atoms with E-state index in [0.29, 0.717) is 35.3 Å². The second-order valence-corrected chi connectivity index (χ2v) is 5.59. The molecule has 120 valence electrons. The molecule has 0 saturated carbocycles. The van der Waals surface area contributed by atoms with Crippen LogP contribution in [-0.2, 0) is 11.2 Å². The number of ether oxygens (including phenoxy) is 2. The first-order valence-corrected chi connectivity index (χ1v) is 7.64. The predicted octanol–water partition coefficient (Wildman–Crippen LogP) is 2.32. The van der Waals surface area contributed by atoms with Crippen molar-refractivity contribution in [1.29, 1.82) is 0 Å². The molecular formula is C16H16ClN3O3. The number of amides is 1. The molecule has 1 aromatic carbocycles. The van der Waals surface area contributed by atoms with Crippen molar-refractivity contribution >= 4 is 17.5 Å². The third-order valence-electron chi connectivity index (χ3n) is 3.49. The van der Waals surface area contributed by atoms with Crippen LogP contribution in [-0.4, -0.2) is 29.1 Å². The Morgan fingerprint density at radius 3 is 2.78 bits per heavy atom. The molecule has 0 radical (unpaired) electrons. The molecule has 1 aliphatic rings. The number of carbonyl (C=O) groups is 1. The Labute approximate surface area is 138 Å². The summed E-state index contributed by atoms with van der Waals surface area (Å²) in [5.41, 5.74) is 1.45. The fourth-order valence-electron chi connectivity index (χ4n) is 2.34. The number of aromatic nitrogens is 2. The second-order valence-electron chi connectivity index (χ2n) is 5.19. The maximum Gasteiger partial charge on any atom is 0.225 e. The maximum atomic E-state index is 12.2. The zero-order chi connectivity index (χ0) is 16.2. The number of carbonyl (C=O) groups excluding carboxylic acids is 1. The van der Waals surface area contributed by atoms with Gasteiger partial charge in [0.2, 0.25) is 5.91 Å². The number of hydrogen-bond donors (Lipinski definition) is 1. The van der Waals surface area contributed by atoms with Gasteiger partial charge < -0.3 is 14.8 Å². The van der Waals surface area contributed by atoms with Crippen molar-refractivity contribution in [3.05, 3.63) is 47.0 Å². The molecule has 0 saturated heterocycles. The summed E-state index contributed by atoms with van der Waals surface area (Å²) in [6.45, 7) is 2.86. The second kappa shape index (κ2) is 6.83. The molecular weight excluding hydrogens is 318 g/mol. The van der Waals surface area contributed by atoms with E-state index in [0.717, 1.165) is 5.69 Å². The quantitative estimate of drug-likeness (QED) is 0.929. The standard InChI is InChI=1S/C16H16ClN3O3/c1-10(13-2-3-18-9-19-13)20-16(21)7-11-6-14-15(8-12(11)17)23-5-4-22-14/h2-3,6,8-10H,4-5,7H2,1H3,(H,20,21). The number of nitrogens with zero attached hydrogens (tertiary/aromatic N) is 2. The summed E-state index contributed by atoms with van der Waals surface area (Å²) < 4.78 is 11.0. The molecule has 1 aromatic heterocycles. The summed E-state index contributed by atoms with van der Waals surface area (Å²) in [6, 6.07) is 5.00. The van der Waals surface area contributed by atoms with Crippen molar-refractivity contribution < 1.29 is 14.3 Å². The molecule has 0 fully saturated rings. The number of halogens is 1. The van der Waals surface area contributed by atoms with E-state index in [1.807, 2.05) is 6.92 Å². The molecule has 2 heterocycles. The van der Waals surface area contributed by atoms with Gasteiger partial charge in [-0.3, -0.25) is 4.79 Å². The minimum atomic E-state index is -0.207. The first-order valence-electron chi connectivity index (χ1n) is 7.27. The topological polar surface area (TPSA) is 73.3 Å². The van der Waals surface area contributed by atoms with Crippen LogP contribution in [0.1, 0.15) is 24.2 Å². The molecule has 0 bridgehead atoms. The van der Waals surface area contributed by atoms with Crippen LogP contribution in [0, 0.1) is 0 Å². The third-order valence-corrected chi connectivity index (χ3v) is 3.84. The Kier molecular flexibility index (Phi) is 4.62. The summed E-state index contributed by atoms with van der Waals surface area (Å²) in [6.07, 6.45) is 3.25. The molecule has 2 aromatic rings. The van der Waals surface area contributed by atoms with Crippen LogP contribution in [0.3, 0.4) is 0 Å². The maximum absolute atomic E-state index is 12.2. The summed E-state index contributed by atoms with van der Waals surface area (Å²) in [5, 5.41) is 3.38. The summed E-state index contributed by atoms with van der Waals surface area (Å²) in [4.78, 5) is 20.2. The molecule has 0 spiro atoms. The molecule has 1 N–H and O–H groups in total. The number of rotatable bonds is 4. The van der Waals surface area contributed by atoms with Crippen molar-refractivity contribution in [1.82, 2.24) is 15.3 Å². The van der Waals surface area contributed by atoms with Gasteiger partial charge in [-0.2, -0.15) is 0 Å². The summed E-state index contributed by atoms with van der Waals surface area (Å²) in [7, 11) is 0. The van der Waals surface area contributed by atoms with Gasteiger partial charge >= 0.3 is 0 Å². The Bertz CT molecular complexity index is 709. The molecule has 1 atom stereocenters. The van der Waals surface area contributed by atoms with Gasteiger partial charge in [-0.25, -0.2) is 9.97 Å². The number of nitrogens with one attached hydrogen (secondary N) is 1. The van der Waals surface area contributed by atoms with Crippen molar-refractivity contribution in [3.63, 3.8) is 0 Å². The van der Waals surface area contributed by atoms with Crippen LogP contribution in [0.2, 0.25) is 5.02 Å². The lowest BCUT2D eigenvalue weighted by atomic mass is 10.1. The molecule has 3 rings (SSSR count). The van der Waals surface area contributed by atoms with Crippen molar-refractivity contribution in [2.75, 3.05) is 13.2 Å². The van der Waals surface area contributed by atoms with Gasteiger partial charge in [0.25, 0.3) is 0 Å². The summed E-state index contributed by atoms with van der Waals surface area (Å²) in [5.74, 6) is 1.08. The predicted molar refractivity (Wildman–Crippen MR) is 84.7 cm³/mol. The largest absolute Gasteiger partial charge is 0.486 e. The van der Waals surface area contributed by atoms with Gasteiger partial charge in [-0.15, -0.1) is 0 Å². The highest BCUT2D eigenvalue weighted by Crippen LogP contribution is 2.35. The normalized spacial score (nSPS) is 14.2. The lowest BCUT2D eigenvalue weighted by Crippen LogP contribution is -2.28. The van der Waals surface area contributed by atoms with E-state index in [1.54, 1.807) is 24.4 Å². The van der Waals surface area contributed by atoms with Crippen molar-refractivity contribution in [2.24, 2.45) is 0 Å². The molecule has 6 nitrogen and oxygen atoms in total. The minimum Gasteiger partial charge on any atom is -0.486 e. The fraction of sp³-hybridized carbons (Fsp3) is 0.312. The van der Waals surface area contributed by atoms with Crippen LogP contribution in [0.25, 0.3) is 0 Å². The van der Waals surface area contributed by atoms with Gasteiger partial charge in [-0.1, -0.05) is 11.6 Å². The zero-order valence-electron chi connectivity index (χ0n) is 12.6. The van der Waals surface area contributed by atoms with Gasteiger partial charge in [0.1, 0.15) is 19.5 Å². The van der Waals surface area contributed by atoms with E-state index in [1.165, 1.54) is 6.33 Å². The third kappa shape index (κ3) is 3.71. The van der Waals surface area contributed by atoms with Crippen LogP contribution in [0.4, 0.5) is 0 Å². The van der Waals surface area contributed by atoms with Crippen molar-refractivity contribution in [2.45, 2.75) is 19.4 Å². The van der Waals surface area contributed by atoms with E-state index >= 15 is 0 Å². The van der Waals surface area contributed by atoms with E-state index < -0.39 is 0 Å². The Hall–Kier alpha value is -2.34. The molecule has 23 heavy (non-hydrogen) atoms. The van der Waals surface area contributed by atoms with E-state index in [2.05, 4.69) is 15.3 Å². The first-order chi connectivity index (χ1) is 11.1. The SMILES string of the molecule is CC(NC(=O)Cc1cc2c(cc1Cl)OCCO2)c1ccncn1. The van der Waals surface area contributed by atoms with E-state index in [9.17, 15) is 4.79 Å².